The summed E-state index contributed by atoms with van der Waals surface area (Å²) in [5.74, 6) is 0. The Hall–Kier alpha value is -0.550. The Kier molecular flexibility index (Phi) is 2.25. The van der Waals surface area contributed by atoms with Crippen LogP contribution in [0.2, 0.25) is 0 Å². The van der Waals surface area contributed by atoms with Crippen molar-refractivity contribution in [2.75, 3.05) is 0 Å². The molecule has 3 heteroatoms. The summed E-state index contributed by atoms with van der Waals surface area (Å²) in [6.45, 7) is 0. The zero-order valence-electron chi connectivity index (χ0n) is 7.72. The van der Waals surface area contributed by atoms with Crippen LogP contribution in [0.4, 0.5) is 0 Å². The van der Waals surface area contributed by atoms with E-state index in [4.69, 9.17) is 0 Å². The van der Waals surface area contributed by atoms with E-state index in [1.165, 1.54) is 25.4 Å². The molecular weight excluding hydrogens is 365 g/mol. The standard InChI is InChI=1S/C12H7BrIN/c13-7-4-5-11-9(6-7)8-2-1-3-10(14)12(8)15-11/h1-6,15H. The van der Waals surface area contributed by atoms with Crippen LogP contribution in [0.5, 0.6) is 0 Å². The first kappa shape index (κ1) is 9.66. The summed E-state index contributed by atoms with van der Waals surface area (Å²) in [4.78, 5) is 3.45. The number of hydrogen-bond donors (Lipinski definition) is 1. The average Bonchev–Trinajstić information content (AvgIpc) is 2.58. The summed E-state index contributed by atoms with van der Waals surface area (Å²) in [5, 5.41) is 2.57. The average molecular weight is 372 g/mol. The Bertz CT molecular complexity index is 657. The fraction of sp³-hybridized carbons (Fsp3) is 0. The number of para-hydroxylation sites is 1. The van der Waals surface area contributed by atoms with Crippen LogP contribution in [0.1, 0.15) is 0 Å². The number of benzene rings is 2. The molecule has 15 heavy (non-hydrogen) atoms. The van der Waals surface area contributed by atoms with Gasteiger partial charge in [-0.15, -0.1) is 0 Å². The molecule has 3 rings (SSSR count). The molecule has 0 fully saturated rings. The highest BCUT2D eigenvalue weighted by atomic mass is 127. The van der Waals surface area contributed by atoms with Gasteiger partial charge in [0.05, 0.1) is 5.52 Å². The van der Waals surface area contributed by atoms with Crippen molar-refractivity contribution in [3.63, 3.8) is 0 Å². The number of nitrogens with one attached hydrogen (secondary N) is 1. The van der Waals surface area contributed by atoms with Gasteiger partial charge in [0.15, 0.2) is 0 Å². The third-order valence-corrected chi connectivity index (χ3v) is 3.94. The fourth-order valence-electron chi connectivity index (χ4n) is 1.86. The van der Waals surface area contributed by atoms with Crippen LogP contribution < -0.4 is 0 Å². The van der Waals surface area contributed by atoms with Gasteiger partial charge in [0.25, 0.3) is 0 Å². The lowest BCUT2D eigenvalue weighted by Gasteiger charge is -1.93. The largest absolute Gasteiger partial charge is 0.354 e. The van der Waals surface area contributed by atoms with E-state index in [1.807, 2.05) is 0 Å². The van der Waals surface area contributed by atoms with Crippen molar-refractivity contribution in [1.29, 1.82) is 0 Å². The summed E-state index contributed by atoms with van der Waals surface area (Å²) in [6, 6.07) is 12.7. The molecule has 0 atom stereocenters. The van der Waals surface area contributed by atoms with Gasteiger partial charge in [0.2, 0.25) is 0 Å². The van der Waals surface area contributed by atoms with E-state index in [2.05, 4.69) is 79.9 Å². The molecule has 1 heterocycles. The minimum Gasteiger partial charge on any atom is -0.354 e. The summed E-state index contributed by atoms with van der Waals surface area (Å²) in [6.07, 6.45) is 0. The molecule has 0 aliphatic carbocycles. The molecule has 1 aromatic heterocycles. The second-order valence-electron chi connectivity index (χ2n) is 3.48. The number of aromatic amines is 1. The number of rotatable bonds is 0. The fourth-order valence-corrected chi connectivity index (χ4v) is 2.85. The van der Waals surface area contributed by atoms with Crippen LogP contribution in [0.15, 0.2) is 40.9 Å². The number of fused-ring (bicyclic) bond motifs is 3. The first-order valence-corrected chi connectivity index (χ1v) is 6.48. The highest BCUT2D eigenvalue weighted by Crippen LogP contribution is 2.30. The Morgan fingerprint density at radius 3 is 2.80 bits per heavy atom. The molecule has 0 spiro atoms. The molecule has 2 aromatic carbocycles. The highest BCUT2D eigenvalue weighted by molar-refractivity contribution is 14.1. The lowest BCUT2D eigenvalue weighted by Crippen LogP contribution is -1.72. The van der Waals surface area contributed by atoms with Gasteiger partial charge >= 0.3 is 0 Å². The normalized spacial score (nSPS) is 11.3. The van der Waals surface area contributed by atoms with E-state index in [-0.39, 0.29) is 0 Å². The van der Waals surface area contributed by atoms with Crippen molar-refractivity contribution in [2.45, 2.75) is 0 Å². The van der Waals surface area contributed by atoms with Gasteiger partial charge in [0, 0.05) is 24.3 Å². The smallest absolute Gasteiger partial charge is 0.0600 e. The maximum absolute atomic E-state index is 3.51. The lowest BCUT2D eigenvalue weighted by atomic mass is 10.2. The first-order chi connectivity index (χ1) is 7.25. The molecule has 1 nitrogen and oxygen atoms in total. The van der Waals surface area contributed by atoms with Gasteiger partial charge in [-0.3, -0.25) is 0 Å². The molecule has 0 saturated carbocycles. The molecule has 0 unspecified atom stereocenters. The van der Waals surface area contributed by atoms with Crippen molar-refractivity contribution in [3.8, 4) is 0 Å². The van der Waals surface area contributed by atoms with Gasteiger partial charge in [-0.25, -0.2) is 0 Å². The van der Waals surface area contributed by atoms with Gasteiger partial charge in [0.1, 0.15) is 0 Å². The molecule has 0 aliphatic rings. The van der Waals surface area contributed by atoms with Crippen LogP contribution in [0, 0.1) is 3.57 Å². The van der Waals surface area contributed by atoms with Gasteiger partial charge in [-0.2, -0.15) is 0 Å². The third kappa shape index (κ3) is 1.49. The minimum atomic E-state index is 1.12. The maximum Gasteiger partial charge on any atom is 0.0600 e. The predicted octanol–water partition coefficient (Wildman–Crippen LogP) is 4.69. The van der Waals surface area contributed by atoms with E-state index in [0.717, 1.165) is 4.47 Å². The second-order valence-corrected chi connectivity index (χ2v) is 5.56. The molecule has 0 amide bonds. The molecule has 0 radical (unpaired) electrons. The van der Waals surface area contributed by atoms with E-state index in [1.54, 1.807) is 0 Å². The third-order valence-electron chi connectivity index (χ3n) is 2.55. The van der Waals surface area contributed by atoms with Gasteiger partial charge < -0.3 is 4.98 Å². The van der Waals surface area contributed by atoms with Gasteiger partial charge in [-0.1, -0.05) is 28.1 Å². The lowest BCUT2D eigenvalue weighted by molar-refractivity contribution is 1.52. The second kappa shape index (κ2) is 3.49. The van der Waals surface area contributed by atoms with Crippen molar-refractivity contribution in [1.82, 2.24) is 4.98 Å². The summed E-state index contributed by atoms with van der Waals surface area (Å²) >= 11 is 5.86. The highest BCUT2D eigenvalue weighted by Gasteiger charge is 2.06. The zero-order chi connectivity index (χ0) is 10.4. The monoisotopic (exact) mass is 371 g/mol. The van der Waals surface area contributed by atoms with Crippen LogP contribution in [0.25, 0.3) is 21.8 Å². The molecule has 0 aliphatic heterocycles. The van der Waals surface area contributed by atoms with E-state index in [0.29, 0.717) is 0 Å². The topological polar surface area (TPSA) is 15.8 Å². The summed E-state index contributed by atoms with van der Waals surface area (Å²) in [5.41, 5.74) is 2.42. The van der Waals surface area contributed by atoms with E-state index in [9.17, 15) is 0 Å². The molecule has 74 valence electrons. The van der Waals surface area contributed by atoms with Crippen molar-refractivity contribution < 1.29 is 0 Å². The van der Waals surface area contributed by atoms with E-state index >= 15 is 0 Å². The van der Waals surface area contributed by atoms with Gasteiger partial charge in [-0.05, 0) is 46.9 Å². The van der Waals surface area contributed by atoms with Crippen molar-refractivity contribution >= 4 is 60.3 Å². The number of H-pyrrole nitrogens is 1. The number of aromatic nitrogens is 1. The summed E-state index contributed by atoms with van der Waals surface area (Å²) in [7, 11) is 0. The SMILES string of the molecule is Brc1ccc2[nH]c3c(I)cccc3c2c1. The Balaban J connectivity index is 2.58. The van der Waals surface area contributed by atoms with Crippen molar-refractivity contribution in [2.24, 2.45) is 0 Å². The quantitative estimate of drug-likeness (QED) is 0.552. The van der Waals surface area contributed by atoms with Crippen LogP contribution in [-0.2, 0) is 0 Å². The molecule has 3 aromatic rings. The minimum absolute atomic E-state index is 1.12. The van der Waals surface area contributed by atoms with Crippen LogP contribution in [-0.4, -0.2) is 4.98 Å². The molecule has 0 bridgehead atoms. The Labute approximate surface area is 109 Å². The van der Waals surface area contributed by atoms with E-state index < -0.39 is 0 Å². The first-order valence-electron chi connectivity index (χ1n) is 4.61. The van der Waals surface area contributed by atoms with Crippen LogP contribution in [0.3, 0.4) is 0 Å². The summed E-state index contributed by atoms with van der Waals surface area (Å²) < 4.78 is 2.38. The number of hydrogen-bond acceptors (Lipinski definition) is 0. The maximum atomic E-state index is 3.51. The molecular formula is C12H7BrIN. The molecule has 0 saturated heterocycles. The van der Waals surface area contributed by atoms with Crippen LogP contribution >= 0.6 is 38.5 Å². The Morgan fingerprint density at radius 2 is 1.93 bits per heavy atom. The Morgan fingerprint density at radius 1 is 1.07 bits per heavy atom. The predicted molar refractivity (Wildman–Crippen MR) is 76.2 cm³/mol. The molecule has 1 N–H and O–H groups in total. The number of halogens is 2. The van der Waals surface area contributed by atoms with Crippen molar-refractivity contribution in [3.05, 3.63) is 44.4 Å². The zero-order valence-corrected chi connectivity index (χ0v) is 11.5.